The van der Waals surface area contributed by atoms with Crippen LogP contribution in [0.15, 0.2) is 36.5 Å². The second-order valence-corrected chi connectivity index (χ2v) is 7.51. The standard InChI is InChI=1S/C22H28FN3O2/c1-3-14(2)25-21-18(15-8-10-17(23)11-9-15)12-16(13-24-21)22(28)26-19-6-4-5-7-20(19)27/h8-14,19-20,27H,3-7H2,1-2H3,(H,24,25)(H,26,28)/t14?,19-,20-/m1/s1. The number of pyridine rings is 1. The van der Waals surface area contributed by atoms with Gasteiger partial charge in [-0.3, -0.25) is 4.79 Å². The largest absolute Gasteiger partial charge is 0.391 e. The van der Waals surface area contributed by atoms with Gasteiger partial charge >= 0.3 is 0 Å². The van der Waals surface area contributed by atoms with Gasteiger partial charge in [-0.05, 0) is 49.9 Å². The van der Waals surface area contributed by atoms with Gasteiger partial charge < -0.3 is 15.7 Å². The van der Waals surface area contributed by atoms with Gasteiger partial charge in [-0.1, -0.05) is 31.9 Å². The Bertz CT molecular complexity index is 810. The monoisotopic (exact) mass is 385 g/mol. The molecule has 28 heavy (non-hydrogen) atoms. The van der Waals surface area contributed by atoms with E-state index in [1.807, 2.05) is 0 Å². The molecular formula is C22H28FN3O2. The molecule has 0 radical (unpaired) electrons. The number of anilines is 1. The molecule has 2 aromatic rings. The molecule has 3 rings (SSSR count). The summed E-state index contributed by atoms with van der Waals surface area (Å²) in [7, 11) is 0. The molecule has 1 heterocycles. The fourth-order valence-electron chi connectivity index (χ4n) is 3.42. The molecule has 150 valence electrons. The van der Waals surface area contributed by atoms with Crippen molar-refractivity contribution in [1.82, 2.24) is 10.3 Å². The molecule has 0 spiro atoms. The molecule has 1 fully saturated rings. The molecule has 0 aliphatic heterocycles. The molecule has 1 aliphatic rings. The van der Waals surface area contributed by atoms with E-state index in [1.165, 1.54) is 12.1 Å². The number of carbonyl (C=O) groups excluding carboxylic acids is 1. The van der Waals surface area contributed by atoms with Crippen molar-refractivity contribution in [3.8, 4) is 11.1 Å². The minimum atomic E-state index is -0.506. The summed E-state index contributed by atoms with van der Waals surface area (Å²) in [5, 5.41) is 16.4. The van der Waals surface area contributed by atoms with Crippen LogP contribution in [0.25, 0.3) is 11.1 Å². The van der Waals surface area contributed by atoms with Crippen molar-refractivity contribution in [2.24, 2.45) is 0 Å². The van der Waals surface area contributed by atoms with Crippen molar-refractivity contribution in [2.75, 3.05) is 5.32 Å². The number of carbonyl (C=O) groups is 1. The molecule has 3 atom stereocenters. The Morgan fingerprint density at radius 2 is 2.00 bits per heavy atom. The third-order valence-corrected chi connectivity index (χ3v) is 5.35. The molecule has 3 N–H and O–H groups in total. The zero-order valence-electron chi connectivity index (χ0n) is 16.4. The summed E-state index contributed by atoms with van der Waals surface area (Å²) in [5.41, 5.74) is 1.95. The summed E-state index contributed by atoms with van der Waals surface area (Å²) in [6.45, 7) is 4.13. The maximum atomic E-state index is 13.4. The summed E-state index contributed by atoms with van der Waals surface area (Å²) in [4.78, 5) is 17.2. The number of aliphatic hydroxyl groups is 1. The molecule has 1 amide bonds. The van der Waals surface area contributed by atoms with E-state index >= 15 is 0 Å². The average molecular weight is 385 g/mol. The van der Waals surface area contributed by atoms with Crippen molar-refractivity contribution in [1.29, 1.82) is 0 Å². The second kappa shape index (κ2) is 9.15. The lowest BCUT2D eigenvalue weighted by Crippen LogP contribution is -2.45. The van der Waals surface area contributed by atoms with Crippen LogP contribution >= 0.6 is 0 Å². The van der Waals surface area contributed by atoms with Gasteiger partial charge in [-0.15, -0.1) is 0 Å². The average Bonchev–Trinajstić information content (AvgIpc) is 2.70. The van der Waals surface area contributed by atoms with Gasteiger partial charge in [0.15, 0.2) is 0 Å². The van der Waals surface area contributed by atoms with Crippen LogP contribution in [0.5, 0.6) is 0 Å². The van der Waals surface area contributed by atoms with Crippen LogP contribution in [0.1, 0.15) is 56.3 Å². The molecule has 1 aromatic heterocycles. The number of hydrogen-bond acceptors (Lipinski definition) is 4. The van der Waals surface area contributed by atoms with Crippen molar-refractivity contribution in [2.45, 2.75) is 64.1 Å². The highest BCUT2D eigenvalue weighted by atomic mass is 19.1. The summed E-state index contributed by atoms with van der Waals surface area (Å²) >= 11 is 0. The van der Waals surface area contributed by atoms with Crippen LogP contribution in [0.3, 0.4) is 0 Å². The number of amides is 1. The van der Waals surface area contributed by atoms with E-state index in [9.17, 15) is 14.3 Å². The van der Waals surface area contributed by atoms with Gasteiger partial charge in [0.05, 0.1) is 17.7 Å². The van der Waals surface area contributed by atoms with E-state index in [4.69, 9.17) is 0 Å². The smallest absolute Gasteiger partial charge is 0.253 e. The lowest BCUT2D eigenvalue weighted by molar-refractivity contribution is 0.0717. The summed E-state index contributed by atoms with van der Waals surface area (Å²) in [5.74, 6) is 0.0976. The first kappa shape index (κ1) is 20.3. The number of hydrogen-bond donors (Lipinski definition) is 3. The molecule has 1 unspecified atom stereocenters. The Hall–Kier alpha value is -2.47. The Morgan fingerprint density at radius 3 is 2.68 bits per heavy atom. The SMILES string of the molecule is CCC(C)Nc1ncc(C(=O)N[C@@H]2CCCC[C@H]2O)cc1-c1ccc(F)cc1. The highest BCUT2D eigenvalue weighted by Crippen LogP contribution is 2.28. The minimum absolute atomic E-state index is 0.212. The third-order valence-electron chi connectivity index (χ3n) is 5.35. The van der Waals surface area contributed by atoms with E-state index in [2.05, 4.69) is 29.5 Å². The summed E-state index contributed by atoms with van der Waals surface area (Å²) in [6.07, 6.45) is 5.43. The molecule has 0 saturated heterocycles. The van der Waals surface area contributed by atoms with E-state index in [0.717, 1.165) is 36.8 Å². The predicted molar refractivity (Wildman–Crippen MR) is 109 cm³/mol. The molecule has 0 bridgehead atoms. The van der Waals surface area contributed by atoms with Crippen LogP contribution in [-0.2, 0) is 0 Å². The lowest BCUT2D eigenvalue weighted by atomic mass is 9.92. The zero-order valence-corrected chi connectivity index (χ0v) is 16.4. The maximum Gasteiger partial charge on any atom is 0.253 e. The van der Waals surface area contributed by atoms with Crippen LogP contribution in [0, 0.1) is 5.82 Å². The predicted octanol–water partition coefficient (Wildman–Crippen LogP) is 4.13. The molecular weight excluding hydrogens is 357 g/mol. The molecule has 5 nitrogen and oxygen atoms in total. The Balaban J connectivity index is 1.89. The quantitative estimate of drug-likeness (QED) is 0.699. The fraction of sp³-hybridized carbons (Fsp3) is 0.455. The van der Waals surface area contributed by atoms with Crippen molar-refractivity contribution in [3.05, 3.63) is 47.9 Å². The number of aliphatic hydroxyl groups excluding tert-OH is 1. The van der Waals surface area contributed by atoms with Gasteiger partial charge in [0, 0.05) is 17.8 Å². The second-order valence-electron chi connectivity index (χ2n) is 7.51. The van der Waals surface area contributed by atoms with Crippen molar-refractivity contribution >= 4 is 11.7 Å². The molecule has 1 saturated carbocycles. The van der Waals surface area contributed by atoms with Crippen molar-refractivity contribution < 1.29 is 14.3 Å². The van der Waals surface area contributed by atoms with Crippen LogP contribution in [-0.4, -0.2) is 34.2 Å². The van der Waals surface area contributed by atoms with Gasteiger partial charge in [0.1, 0.15) is 11.6 Å². The highest BCUT2D eigenvalue weighted by molar-refractivity contribution is 5.96. The number of aromatic nitrogens is 1. The summed E-state index contributed by atoms with van der Waals surface area (Å²) in [6, 6.07) is 7.91. The number of halogens is 1. The van der Waals surface area contributed by atoms with E-state index in [1.54, 1.807) is 24.4 Å². The maximum absolute atomic E-state index is 13.4. The molecule has 6 heteroatoms. The molecule has 1 aromatic carbocycles. The fourth-order valence-corrected chi connectivity index (χ4v) is 3.42. The van der Waals surface area contributed by atoms with E-state index < -0.39 is 6.10 Å². The lowest BCUT2D eigenvalue weighted by Gasteiger charge is -2.28. The van der Waals surface area contributed by atoms with Gasteiger partial charge in [-0.2, -0.15) is 0 Å². The Morgan fingerprint density at radius 1 is 1.29 bits per heavy atom. The Kier molecular flexibility index (Phi) is 6.62. The number of nitrogens with zero attached hydrogens (tertiary/aromatic N) is 1. The molecule has 1 aliphatic carbocycles. The van der Waals surface area contributed by atoms with Gasteiger partial charge in [0.2, 0.25) is 0 Å². The topological polar surface area (TPSA) is 74.2 Å². The first-order valence-electron chi connectivity index (χ1n) is 9.99. The van der Waals surface area contributed by atoms with Crippen LogP contribution in [0.2, 0.25) is 0 Å². The van der Waals surface area contributed by atoms with Crippen LogP contribution < -0.4 is 10.6 Å². The van der Waals surface area contributed by atoms with Gasteiger partial charge in [0.25, 0.3) is 5.91 Å². The Labute approximate surface area is 165 Å². The van der Waals surface area contributed by atoms with E-state index in [0.29, 0.717) is 17.8 Å². The highest BCUT2D eigenvalue weighted by Gasteiger charge is 2.25. The number of nitrogens with one attached hydrogen (secondary N) is 2. The zero-order chi connectivity index (χ0) is 20.1. The number of rotatable bonds is 6. The van der Waals surface area contributed by atoms with E-state index in [-0.39, 0.29) is 23.8 Å². The first-order valence-corrected chi connectivity index (χ1v) is 9.99. The van der Waals surface area contributed by atoms with Gasteiger partial charge in [-0.25, -0.2) is 9.37 Å². The first-order chi connectivity index (χ1) is 13.5. The third kappa shape index (κ3) is 4.87. The van der Waals surface area contributed by atoms with Crippen LogP contribution in [0.4, 0.5) is 10.2 Å². The minimum Gasteiger partial charge on any atom is -0.391 e. The normalized spacial score (nSPS) is 20.4. The number of benzene rings is 1. The van der Waals surface area contributed by atoms with Crippen molar-refractivity contribution in [3.63, 3.8) is 0 Å². The summed E-state index contributed by atoms with van der Waals surface area (Å²) < 4.78 is 13.4.